The Hall–Kier alpha value is -2.87. The average molecular weight is 384 g/mol. The third-order valence-electron chi connectivity index (χ3n) is 4.70. The fraction of sp³-hybridized carbons (Fsp3) is 0.450. The molecular formula is C20H28N6O2. The molecule has 1 atom stereocenters. The summed E-state index contributed by atoms with van der Waals surface area (Å²) in [6, 6.07) is 8.12. The van der Waals surface area contributed by atoms with Crippen LogP contribution in [0, 0.1) is 0 Å². The van der Waals surface area contributed by atoms with Gasteiger partial charge in [-0.2, -0.15) is 10.1 Å². The van der Waals surface area contributed by atoms with E-state index < -0.39 is 0 Å². The fourth-order valence-electron chi connectivity index (χ4n) is 3.22. The number of aliphatic hydroxyl groups excluding tert-OH is 1. The molecule has 0 radical (unpaired) electrons. The van der Waals surface area contributed by atoms with Gasteiger partial charge in [0.1, 0.15) is 12.3 Å². The molecule has 4 N–H and O–H groups in total. The smallest absolute Gasteiger partial charge is 0.222 e. The quantitative estimate of drug-likeness (QED) is 0.493. The van der Waals surface area contributed by atoms with Crippen molar-refractivity contribution in [2.45, 2.75) is 45.3 Å². The summed E-state index contributed by atoms with van der Waals surface area (Å²) in [4.78, 5) is 8.37. The van der Waals surface area contributed by atoms with E-state index in [1.54, 1.807) is 6.20 Å². The van der Waals surface area contributed by atoms with E-state index in [4.69, 9.17) is 10.5 Å². The normalized spacial score (nSPS) is 12.2. The Morgan fingerprint density at radius 1 is 1.29 bits per heavy atom. The molecule has 0 aliphatic heterocycles. The van der Waals surface area contributed by atoms with Crippen LogP contribution in [-0.4, -0.2) is 37.5 Å². The highest BCUT2D eigenvalue weighted by atomic mass is 16.5. The predicted molar refractivity (Wildman–Crippen MR) is 110 cm³/mol. The van der Waals surface area contributed by atoms with Gasteiger partial charge in [-0.15, -0.1) is 0 Å². The van der Waals surface area contributed by atoms with Crippen molar-refractivity contribution in [3.05, 3.63) is 36.2 Å². The Balaban J connectivity index is 1.78. The molecule has 1 unspecified atom stereocenters. The number of para-hydroxylation sites is 1. The van der Waals surface area contributed by atoms with Gasteiger partial charge in [-0.3, -0.25) is 4.68 Å². The third kappa shape index (κ3) is 4.69. The molecule has 8 nitrogen and oxygen atoms in total. The number of aliphatic hydroxyl groups is 1. The van der Waals surface area contributed by atoms with Crippen LogP contribution in [0.5, 0.6) is 5.75 Å². The van der Waals surface area contributed by atoms with Gasteiger partial charge in [0, 0.05) is 25.1 Å². The van der Waals surface area contributed by atoms with E-state index in [0.717, 1.165) is 35.9 Å². The lowest BCUT2D eigenvalue weighted by Crippen LogP contribution is -2.22. The van der Waals surface area contributed by atoms with Crippen LogP contribution >= 0.6 is 0 Å². The van der Waals surface area contributed by atoms with Crippen LogP contribution in [0.4, 0.5) is 11.8 Å². The molecule has 0 aliphatic carbocycles. The largest absolute Gasteiger partial charge is 0.482 e. The minimum absolute atomic E-state index is 0.0947. The summed E-state index contributed by atoms with van der Waals surface area (Å²) >= 11 is 0. The molecule has 0 saturated carbocycles. The van der Waals surface area contributed by atoms with Gasteiger partial charge >= 0.3 is 0 Å². The van der Waals surface area contributed by atoms with Crippen LogP contribution in [0.1, 0.15) is 38.3 Å². The first-order valence-corrected chi connectivity index (χ1v) is 9.65. The minimum Gasteiger partial charge on any atom is -0.482 e. The number of rotatable bonds is 10. The van der Waals surface area contributed by atoms with Crippen LogP contribution in [0.25, 0.3) is 10.9 Å². The van der Waals surface area contributed by atoms with Crippen molar-refractivity contribution in [1.82, 2.24) is 19.7 Å². The van der Waals surface area contributed by atoms with Gasteiger partial charge in [-0.05, 0) is 18.9 Å². The van der Waals surface area contributed by atoms with E-state index in [1.807, 2.05) is 36.0 Å². The van der Waals surface area contributed by atoms with Crippen LogP contribution < -0.4 is 15.8 Å². The van der Waals surface area contributed by atoms with Crippen LogP contribution in [-0.2, 0) is 13.7 Å². The third-order valence-corrected chi connectivity index (χ3v) is 4.70. The number of hydrogen-bond acceptors (Lipinski definition) is 7. The number of benzene rings is 1. The van der Waals surface area contributed by atoms with Gasteiger partial charge in [-0.1, -0.05) is 38.0 Å². The molecule has 28 heavy (non-hydrogen) atoms. The van der Waals surface area contributed by atoms with Gasteiger partial charge < -0.3 is 20.9 Å². The Morgan fingerprint density at radius 3 is 2.89 bits per heavy atom. The summed E-state index contributed by atoms with van der Waals surface area (Å²) in [5.74, 6) is 1.24. The van der Waals surface area contributed by atoms with Gasteiger partial charge in [0.25, 0.3) is 0 Å². The van der Waals surface area contributed by atoms with E-state index in [9.17, 15) is 5.11 Å². The zero-order valence-electron chi connectivity index (χ0n) is 16.4. The monoisotopic (exact) mass is 384 g/mol. The van der Waals surface area contributed by atoms with E-state index in [2.05, 4.69) is 27.3 Å². The van der Waals surface area contributed by atoms with Crippen LogP contribution in [0.3, 0.4) is 0 Å². The molecule has 0 fully saturated rings. The molecule has 0 saturated heterocycles. The number of aromatic nitrogens is 4. The van der Waals surface area contributed by atoms with Gasteiger partial charge in [0.2, 0.25) is 5.95 Å². The Labute approximate surface area is 164 Å². The standard InChI is InChI=1S/C20H28N6O2/c1-3-4-7-14(10-11-27)23-19-18(12-22-20(21)24-19)28-13-16-15-8-5-6-9-17(15)26(2)25-16/h5-6,8-9,12,14,27H,3-4,7,10-11,13H2,1-2H3,(H3,21,22,23,24). The highest BCUT2D eigenvalue weighted by molar-refractivity contribution is 5.81. The van der Waals surface area contributed by atoms with E-state index in [1.165, 1.54) is 0 Å². The fourth-order valence-corrected chi connectivity index (χ4v) is 3.22. The van der Waals surface area contributed by atoms with Crippen molar-refractivity contribution in [1.29, 1.82) is 0 Å². The van der Waals surface area contributed by atoms with Crippen molar-refractivity contribution in [2.24, 2.45) is 7.05 Å². The van der Waals surface area contributed by atoms with Crippen molar-refractivity contribution >= 4 is 22.7 Å². The van der Waals surface area contributed by atoms with Crippen LogP contribution in [0.15, 0.2) is 30.5 Å². The second-order valence-corrected chi connectivity index (χ2v) is 6.81. The SMILES string of the molecule is CCCCC(CCO)Nc1nc(N)ncc1OCc1nn(C)c2ccccc12. The highest BCUT2D eigenvalue weighted by Crippen LogP contribution is 2.26. The maximum Gasteiger partial charge on any atom is 0.222 e. The maximum absolute atomic E-state index is 9.35. The molecule has 0 bridgehead atoms. The molecule has 150 valence electrons. The number of nitrogens with zero attached hydrogens (tertiary/aromatic N) is 4. The number of aryl methyl sites for hydroxylation is 1. The first-order chi connectivity index (χ1) is 13.6. The van der Waals surface area contributed by atoms with Crippen molar-refractivity contribution < 1.29 is 9.84 Å². The van der Waals surface area contributed by atoms with E-state index in [0.29, 0.717) is 24.6 Å². The average Bonchev–Trinajstić information content (AvgIpc) is 3.02. The second-order valence-electron chi connectivity index (χ2n) is 6.81. The number of nitrogens with one attached hydrogen (secondary N) is 1. The molecule has 8 heteroatoms. The Kier molecular flexibility index (Phi) is 6.65. The lowest BCUT2D eigenvalue weighted by Gasteiger charge is -2.20. The number of nitrogen functional groups attached to an aromatic ring is 1. The number of hydrogen-bond donors (Lipinski definition) is 3. The second kappa shape index (κ2) is 9.36. The number of unbranched alkanes of at least 4 members (excludes halogenated alkanes) is 1. The Morgan fingerprint density at radius 2 is 2.11 bits per heavy atom. The first kappa shape index (κ1) is 19.9. The van der Waals surface area contributed by atoms with Crippen molar-refractivity contribution in [3.63, 3.8) is 0 Å². The molecule has 3 aromatic rings. The summed E-state index contributed by atoms with van der Waals surface area (Å²) in [6.07, 6.45) is 5.30. The topological polar surface area (TPSA) is 111 Å². The molecule has 2 heterocycles. The van der Waals surface area contributed by atoms with Gasteiger partial charge in [0.05, 0.1) is 11.7 Å². The molecule has 0 spiro atoms. The summed E-state index contributed by atoms with van der Waals surface area (Å²) in [6.45, 7) is 2.55. The highest BCUT2D eigenvalue weighted by Gasteiger charge is 2.15. The molecule has 0 amide bonds. The summed E-state index contributed by atoms with van der Waals surface area (Å²) in [5, 5.41) is 18.3. The first-order valence-electron chi connectivity index (χ1n) is 9.65. The number of anilines is 2. The zero-order chi connectivity index (χ0) is 19.9. The van der Waals surface area contributed by atoms with Crippen LogP contribution in [0.2, 0.25) is 0 Å². The molecular weight excluding hydrogens is 356 g/mol. The van der Waals surface area contributed by atoms with Gasteiger partial charge in [-0.25, -0.2) is 4.98 Å². The Bertz CT molecular complexity index is 911. The summed E-state index contributed by atoms with van der Waals surface area (Å²) in [5.41, 5.74) is 7.68. The van der Waals surface area contributed by atoms with E-state index in [-0.39, 0.29) is 18.6 Å². The summed E-state index contributed by atoms with van der Waals surface area (Å²) in [7, 11) is 1.92. The number of ether oxygens (including phenoxy) is 1. The zero-order valence-corrected chi connectivity index (χ0v) is 16.4. The minimum atomic E-state index is 0.0947. The lowest BCUT2D eigenvalue weighted by molar-refractivity contribution is 0.275. The summed E-state index contributed by atoms with van der Waals surface area (Å²) < 4.78 is 7.84. The molecule has 0 aliphatic rings. The van der Waals surface area contributed by atoms with E-state index >= 15 is 0 Å². The van der Waals surface area contributed by atoms with Gasteiger partial charge in [0.15, 0.2) is 11.6 Å². The van der Waals surface area contributed by atoms with Crippen molar-refractivity contribution in [2.75, 3.05) is 17.7 Å². The lowest BCUT2D eigenvalue weighted by atomic mass is 10.1. The predicted octanol–water partition coefficient (Wildman–Crippen LogP) is 2.88. The van der Waals surface area contributed by atoms with Crippen molar-refractivity contribution in [3.8, 4) is 5.75 Å². The maximum atomic E-state index is 9.35. The molecule has 1 aromatic carbocycles. The molecule has 3 rings (SSSR count). The molecule has 2 aromatic heterocycles. The number of nitrogens with two attached hydrogens (primary N) is 1. The number of fused-ring (bicyclic) bond motifs is 1.